The predicted octanol–water partition coefficient (Wildman–Crippen LogP) is 11.0. The van der Waals surface area contributed by atoms with Crippen molar-refractivity contribution in [3.63, 3.8) is 0 Å². The molecule has 252 valence electrons. The van der Waals surface area contributed by atoms with Crippen LogP contribution >= 0.6 is 0 Å². The number of allylic oxidation sites excluding steroid dienone is 4. The highest BCUT2D eigenvalue weighted by Crippen LogP contribution is 2.62. The van der Waals surface area contributed by atoms with E-state index in [1.165, 1.54) is 98.7 Å². The highest BCUT2D eigenvalue weighted by atomic mass is 15.3. The van der Waals surface area contributed by atoms with Crippen molar-refractivity contribution in [2.24, 2.45) is 5.92 Å². The van der Waals surface area contributed by atoms with Crippen LogP contribution < -0.4 is 25.6 Å². The first-order valence-electron chi connectivity index (χ1n) is 19.1. The normalized spacial score (nSPS) is 23.9. The summed E-state index contributed by atoms with van der Waals surface area (Å²) in [5.41, 5.74) is 19.2. The molecule has 3 aliphatic heterocycles. The minimum atomic E-state index is -0.0321. The number of aryl methyl sites for hydroxylation is 2. The predicted molar refractivity (Wildman–Crippen MR) is 217 cm³/mol. The highest BCUT2D eigenvalue weighted by molar-refractivity contribution is 6.95. The van der Waals surface area contributed by atoms with Gasteiger partial charge in [0.2, 0.25) is 0 Å². The van der Waals surface area contributed by atoms with Gasteiger partial charge in [0.25, 0.3) is 6.71 Å². The summed E-state index contributed by atoms with van der Waals surface area (Å²) < 4.78 is 0. The van der Waals surface area contributed by atoms with Gasteiger partial charge in [0.1, 0.15) is 0 Å². The average Bonchev–Trinajstić information content (AvgIpc) is 3.35. The molecule has 0 N–H and O–H groups in total. The molecule has 51 heavy (non-hydrogen) atoms. The fourth-order valence-corrected chi connectivity index (χ4v) is 10.8. The topological polar surface area (TPSA) is 9.72 Å². The van der Waals surface area contributed by atoms with Gasteiger partial charge in [-0.1, -0.05) is 111 Å². The molecule has 3 nitrogen and oxygen atoms in total. The van der Waals surface area contributed by atoms with Crippen molar-refractivity contribution in [1.82, 2.24) is 0 Å². The molecule has 5 aliphatic rings. The summed E-state index contributed by atoms with van der Waals surface area (Å²) >= 11 is 0. The average molecular weight is 664 g/mol. The fourth-order valence-electron chi connectivity index (χ4n) is 10.8. The van der Waals surface area contributed by atoms with Crippen molar-refractivity contribution in [3.8, 4) is 0 Å². The third kappa shape index (κ3) is 4.14. The molecule has 0 amide bonds. The quantitative estimate of drug-likeness (QED) is 0.177. The van der Waals surface area contributed by atoms with Crippen LogP contribution in [0.25, 0.3) is 0 Å². The lowest BCUT2D eigenvalue weighted by Gasteiger charge is -2.53. The Kier molecular flexibility index (Phi) is 6.66. The van der Waals surface area contributed by atoms with E-state index in [-0.39, 0.29) is 17.7 Å². The monoisotopic (exact) mass is 663 g/mol. The zero-order chi connectivity index (χ0) is 34.6. The van der Waals surface area contributed by atoms with E-state index < -0.39 is 0 Å². The molecule has 0 saturated heterocycles. The minimum absolute atomic E-state index is 0.0321. The van der Waals surface area contributed by atoms with Crippen molar-refractivity contribution in [3.05, 3.63) is 149 Å². The van der Waals surface area contributed by atoms with Crippen LogP contribution in [0.3, 0.4) is 0 Å². The maximum Gasteiger partial charge on any atom is 0.251 e. The van der Waals surface area contributed by atoms with Crippen LogP contribution in [0.5, 0.6) is 0 Å². The van der Waals surface area contributed by atoms with Crippen LogP contribution in [-0.4, -0.2) is 12.3 Å². The molecule has 0 spiro atoms. The van der Waals surface area contributed by atoms with Gasteiger partial charge in [-0.25, -0.2) is 0 Å². The Balaban J connectivity index is 1.36. The standard InChI is InChI=1S/C47H46BN3/c1-31-27-37-45-39(28-31)48-38-23-16-18-33(3)44(38)50(40-24-13-12-17-32(40)2)41-29-36(49(34-19-8-6-9-20-34)35-21-10-7-11-22-35)30-42(43(41)48)51(45)47(5)26-15-14-25-46(37,47)4/h6-13,16-17,19-24,27-30,33H,14-15,18,25-26H2,1-5H3. The van der Waals surface area contributed by atoms with Crippen molar-refractivity contribution < 1.29 is 0 Å². The Morgan fingerprint density at radius 3 is 2.12 bits per heavy atom. The number of anilines is 7. The van der Waals surface area contributed by atoms with Gasteiger partial charge in [0.05, 0.1) is 11.2 Å². The van der Waals surface area contributed by atoms with Crippen LogP contribution in [0, 0.1) is 19.8 Å². The van der Waals surface area contributed by atoms with Crippen molar-refractivity contribution >= 4 is 57.5 Å². The number of rotatable bonds is 4. The lowest BCUT2D eigenvalue weighted by Crippen LogP contribution is -2.61. The largest absolute Gasteiger partial charge is 0.335 e. The molecule has 0 bridgehead atoms. The Bertz CT molecular complexity index is 2250. The zero-order valence-electron chi connectivity index (χ0n) is 30.6. The van der Waals surface area contributed by atoms with Gasteiger partial charge in [-0.05, 0) is 116 Å². The molecule has 3 unspecified atom stereocenters. The number of fused-ring (bicyclic) bond motifs is 6. The second-order valence-electron chi connectivity index (χ2n) is 16.2. The van der Waals surface area contributed by atoms with Gasteiger partial charge >= 0.3 is 0 Å². The van der Waals surface area contributed by atoms with Gasteiger partial charge in [-0.2, -0.15) is 0 Å². The molecule has 10 rings (SSSR count). The smallest absolute Gasteiger partial charge is 0.251 e. The third-order valence-electron chi connectivity index (χ3n) is 13.3. The number of nitrogens with zero attached hydrogens (tertiary/aromatic N) is 3. The van der Waals surface area contributed by atoms with E-state index in [1.807, 2.05) is 0 Å². The Morgan fingerprint density at radius 1 is 0.725 bits per heavy atom. The van der Waals surface area contributed by atoms with Gasteiger partial charge in [0.15, 0.2) is 0 Å². The van der Waals surface area contributed by atoms with Crippen LogP contribution in [0.1, 0.15) is 69.6 Å². The van der Waals surface area contributed by atoms with E-state index in [9.17, 15) is 0 Å². The lowest BCUT2D eigenvalue weighted by atomic mass is 9.32. The first-order chi connectivity index (χ1) is 24.8. The number of hydrogen-bond donors (Lipinski definition) is 0. The first kappa shape index (κ1) is 30.8. The molecule has 0 radical (unpaired) electrons. The highest BCUT2D eigenvalue weighted by Gasteiger charge is 2.61. The van der Waals surface area contributed by atoms with Crippen molar-refractivity contribution in [1.29, 1.82) is 0 Å². The van der Waals surface area contributed by atoms with Crippen LogP contribution in [0.2, 0.25) is 0 Å². The molecule has 2 aliphatic carbocycles. The molecule has 3 heterocycles. The summed E-state index contributed by atoms with van der Waals surface area (Å²) in [6.07, 6.45) is 10.9. The molecule has 5 aromatic carbocycles. The zero-order valence-corrected chi connectivity index (χ0v) is 30.6. The van der Waals surface area contributed by atoms with Gasteiger partial charge in [-0.3, -0.25) is 0 Å². The molecule has 1 fully saturated rings. The van der Waals surface area contributed by atoms with Gasteiger partial charge in [0, 0.05) is 45.2 Å². The van der Waals surface area contributed by atoms with Crippen LogP contribution in [0.4, 0.5) is 39.8 Å². The summed E-state index contributed by atoms with van der Waals surface area (Å²) in [5, 5.41) is 0. The van der Waals surface area contributed by atoms with Crippen LogP contribution in [0.15, 0.2) is 133 Å². The molecule has 4 heteroatoms. The summed E-state index contributed by atoms with van der Waals surface area (Å²) in [5.74, 6) is 0.387. The first-order valence-corrected chi connectivity index (χ1v) is 19.1. The fraction of sp³-hybridized carbons (Fsp3) is 0.277. The Labute approximate surface area is 304 Å². The minimum Gasteiger partial charge on any atom is -0.335 e. The van der Waals surface area contributed by atoms with Gasteiger partial charge < -0.3 is 14.7 Å². The molecular weight excluding hydrogens is 617 g/mol. The molecular formula is C47H46BN3. The second-order valence-corrected chi connectivity index (χ2v) is 16.2. The van der Waals surface area contributed by atoms with Crippen LogP contribution in [-0.2, 0) is 5.41 Å². The summed E-state index contributed by atoms with van der Waals surface area (Å²) in [4.78, 5) is 8.01. The molecule has 3 atom stereocenters. The number of benzene rings is 5. The van der Waals surface area contributed by atoms with E-state index in [1.54, 1.807) is 5.56 Å². The van der Waals surface area contributed by atoms with Crippen molar-refractivity contribution in [2.75, 3.05) is 14.7 Å². The summed E-state index contributed by atoms with van der Waals surface area (Å²) in [7, 11) is 0. The Morgan fingerprint density at radius 2 is 1.39 bits per heavy atom. The van der Waals surface area contributed by atoms with E-state index in [0.29, 0.717) is 5.92 Å². The summed E-state index contributed by atoms with van der Waals surface area (Å²) in [6, 6.07) is 41.1. The SMILES string of the molecule is Cc1cc2c3c(c1)C1(C)CCCCC1(C)N3c1cc(N(c3ccccc3)c3ccccc3)cc3c1B2C1=C(C(C)CC=C1)N3c1ccccc1C. The maximum atomic E-state index is 2.86. The number of hydrogen-bond acceptors (Lipinski definition) is 3. The maximum absolute atomic E-state index is 2.86. The van der Waals surface area contributed by atoms with E-state index >= 15 is 0 Å². The molecule has 0 aromatic heterocycles. The van der Waals surface area contributed by atoms with Gasteiger partial charge in [-0.15, -0.1) is 0 Å². The molecule has 5 aromatic rings. The second kappa shape index (κ2) is 11.0. The molecule has 1 saturated carbocycles. The lowest BCUT2D eigenvalue weighted by molar-refractivity contribution is 0.195. The van der Waals surface area contributed by atoms with E-state index in [2.05, 4.69) is 171 Å². The van der Waals surface area contributed by atoms with Crippen molar-refractivity contribution in [2.45, 2.75) is 77.7 Å². The Hall–Kier alpha value is -4.96. The third-order valence-corrected chi connectivity index (χ3v) is 13.3. The summed E-state index contributed by atoms with van der Waals surface area (Å²) in [6.45, 7) is 12.4. The van der Waals surface area contributed by atoms with E-state index in [4.69, 9.17) is 0 Å². The van der Waals surface area contributed by atoms with E-state index in [0.717, 1.165) is 6.42 Å². The number of para-hydroxylation sites is 3.